The summed E-state index contributed by atoms with van der Waals surface area (Å²) in [6.07, 6.45) is 0. The van der Waals surface area contributed by atoms with E-state index in [-0.39, 0.29) is 18.1 Å². The van der Waals surface area contributed by atoms with Gasteiger partial charge in [0.05, 0.1) is 12.7 Å². The van der Waals surface area contributed by atoms with Gasteiger partial charge in [0.1, 0.15) is 22.6 Å². The van der Waals surface area contributed by atoms with Crippen LogP contribution in [0.4, 0.5) is 0 Å². The molecule has 0 unspecified atom stereocenters. The second-order valence-corrected chi connectivity index (χ2v) is 8.47. The molecule has 1 aliphatic heterocycles. The zero-order valence-corrected chi connectivity index (χ0v) is 20.3. The van der Waals surface area contributed by atoms with Gasteiger partial charge >= 0.3 is 5.97 Å². The van der Waals surface area contributed by atoms with Gasteiger partial charge in [-0.25, -0.2) is 14.7 Å². The van der Waals surface area contributed by atoms with Crippen molar-refractivity contribution in [2.24, 2.45) is 0 Å². The van der Waals surface area contributed by atoms with E-state index in [1.165, 1.54) is 12.2 Å². The molecule has 0 spiro atoms. The third kappa shape index (κ3) is 4.65. The molecule has 33 heavy (non-hydrogen) atoms. The van der Waals surface area contributed by atoms with Gasteiger partial charge in [-0.2, -0.15) is 0 Å². The number of hydrogen-bond acceptors (Lipinski definition) is 6. The number of benzene rings is 2. The van der Waals surface area contributed by atoms with Crippen LogP contribution >= 0.6 is 0 Å². The number of methoxy groups -OCH3 is 1. The Bertz CT molecular complexity index is 1080. The first-order valence-electron chi connectivity index (χ1n) is 10.9. The van der Waals surface area contributed by atoms with E-state index in [9.17, 15) is 9.59 Å². The van der Waals surface area contributed by atoms with Crippen molar-refractivity contribution >= 4 is 17.4 Å². The molecule has 0 radical (unpaired) electrons. The maximum atomic E-state index is 13.6. The van der Waals surface area contributed by atoms with Crippen LogP contribution in [0, 0.1) is 20.8 Å². The van der Waals surface area contributed by atoms with Crippen molar-refractivity contribution in [3.8, 4) is 5.75 Å². The van der Waals surface area contributed by atoms with Gasteiger partial charge in [-0.05, 0) is 70.4 Å². The number of nitrogens with zero attached hydrogens (tertiary/aromatic N) is 1. The first kappa shape index (κ1) is 24.5. The van der Waals surface area contributed by atoms with Crippen molar-refractivity contribution in [1.29, 1.82) is 0 Å². The Hall–Kier alpha value is -3.16. The maximum Gasteiger partial charge on any atom is 0.347 e. The number of rotatable bonds is 8. The van der Waals surface area contributed by atoms with Crippen molar-refractivity contribution in [1.82, 2.24) is 5.06 Å². The van der Waals surface area contributed by atoms with Gasteiger partial charge in [0, 0.05) is 6.61 Å². The molecule has 0 atom stereocenters. The smallest absolute Gasteiger partial charge is 0.347 e. The van der Waals surface area contributed by atoms with Crippen molar-refractivity contribution in [2.45, 2.75) is 47.1 Å². The number of ether oxygens (including phenoxy) is 3. The summed E-state index contributed by atoms with van der Waals surface area (Å²) in [6.45, 7) is 11.6. The number of aryl methyl sites for hydroxylation is 3. The molecule has 2 aromatic carbocycles. The topological polar surface area (TPSA) is 74.3 Å². The summed E-state index contributed by atoms with van der Waals surface area (Å²) in [5, 5.41) is 1.22. The van der Waals surface area contributed by atoms with E-state index in [4.69, 9.17) is 19.0 Å². The third-order valence-electron chi connectivity index (χ3n) is 5.61. The number of para-hydroxylation sites is 1. The Labute approximate surface area is 194 Å². The Kier molecular flexibility index (Phi) is 7.25. The molecule has 176 valence electrons. The zero-order valence-electron chi connectivity index (χ0n) is 20.3. The monoisotopic (exact) mass is 453 g/mol. The van der Waals surface area contributed by atoms with Crippen LogP contribution < -0.4 is 4.74 Å². The van der Waals surface area contributed by atoms with Gasteiger partial charge < -0.3 is 14.2 Å². The summed E-state index contributed by atoms with van der Waals surface area (Å²) in [5.74, 6) is -0.402. The summed E-state index contributed by atoms with van der Waals surface area (Å²) >= 11 is 0. The number of esters is 1. The Morgan fingerprint density at radius 3 is 2.30 bits per heavy atom. The van der Waals surface area contributed by atoms with E-state index in [0.29, 0.717) is 17.9 Å². The fourth-order valence-electron chi connectivity index (χ4n) is 4.18. The predicted molar refractivity (Wildman–Crippen MR) is 124 cm³/mol. The molecule has 1 aliphatic rings. The zero-order chi connectivity index (χ0) is 24.3. The number of carbonyl (C=O) groups excluding carboxylic acids is 2. The van der Waals surface area contributed by atoms with Gasteiger partial charge in [-0.1, -0.05) is 29.8 Å². The fraction of sp³-hybridized carbons (Fsp3) is 0.385. The van der Waals surface area contributed by atoms with Gasteiger partial charge in [-0.3, -0.25) is 4.79 Å². The summed E-state index contributed by atoms with van der Waals surface area (Å²) < 4.78 is 16.6. The standard InChI is InChI=1S/C26H31NO6/c1-8-31-15-32-27-24(28)22(21-17(3)13-16(2)14-18(21)4)23(26(27,5)6)33-25(29)19-11-9-10-12-20(19)30-7/h9-14H,8,15H2,1-7H3. The molecular formula is C26H31NO6. The molecule has 0 saturated carbocycles. The van der Waals surface area contributed by atoms with E-state index in [0.717, 1.165) is 22.3 Å². The first-order valence-corrected chi connectivity index (χ1v) is 10.9. The second kappa shape index (κ2) is 9.77. The minimum atomic E-state index is -1.06. The minimum absolute atomic E-state index is 0.0987. The molecule has 1 heterocycles. The highest BCUT2D eigenvalue weighted by Crippen LogP contribution is 2.43. The molecule has 7 nitrogen and oxygen atoms in total. The highest BCUT2D eigenvalue weighted by Gasteiger charge is 2.50. The fourth-order valence-corrected chi connectivity index (χ4v) is 4.18. The molecule has 0 saturated heterocycles. The first-order chi connectivity index (χ1) is 15.6. The van der Waals surface area contributed by atoms with E-state index >= 15 is 0 Å². The largest absolute Gasteiger partial charge is 0.496 e. The van der Waals surface area contributed by atoms with Crippen LogP contribution in [0.5, 0.6) is 5.75 Å². The van der Waals surface area contributed by atoms with Crippen molar-refractivity contribution in [3.05, 3.63) is 70.0 Å². The Balaban J connectivity index is 2.15. The van der Waals surface area contributed by atoms with Gasteiger partial charge in [-0.15, -0.1) is 0 Å². The lowest BCUT2D eigenvalue weighted by Crippen LogP contribution is -2.44. The third-order valence-corrected chi connectivity index (χ3v) is 5.61. The molecule has 7 heteroatoms. The van der Waals surface area contributed by atoms with Crippen LogP contribution in [0.15, 0.2) is 42.2 Å². The molecule has 3 rings (SSSR count). The highest BCUT2D eigenvalue weighted by molar-refractivity contribution is 6.23. The molecule has 0 fully saturated rings. The van der Waals surface area contributed by atoms with Crippen LogP contribution in [0.2, 0.25) is 0 Å². The number of hydroxylamine groups is 2. The van der Waals surface area contributed by atoms with E-state index < -0.39 is 17.4 Å². The average Bonchev–Trinajstić information content (AvgIpc) is 2.93. The lowest BCUT2D eigenvalue weighted by molar-refractivity contribution is -0.242. The summed E-state index contributed by atoms with van der Waals surface area (Å²) in [4.78, 5) is 32.5. The van der Waals surface area contributed by atoms with Crippen molar-refractivity contribution in [3.63, 3.8) is 0 Å². The van der Waals surface area contributed by atoms with Crippen molar-refractivity contribution in [2.75, 3.05) is 20.5 Å². The van der Waals surface area contributed by atoms with E-state index in [1.54, 1.807) is 38.1 Å². The van der Waals surface area contributed by atoms with Crippen LogP contribution in [-0.2, 0) is 19.1 Å². The second-order valence-electron chi connectivity index (χ2n) is 8.47. The van der Waals surface area contributed by atoms with Crippen LogP contribution in [0.1, 0.15) is 53.4 Å². The summed E-state index contributed by atoms with van der Waals surface area (Å²) in [7, 11) is 1.49. The lowest BCUT2D eigenvalue weighted by atomic mass is 9.91. The van der Waals surface area contributed by atoms with Crippen molar-refractivity contribution < 1.29 is 28.6 Å². The quantitative estimate of drug-likeness (QED) is 0.327. The SMILES string of the molecule is CCOCON1C(=O)C(c2c(C)cc(C)cc2C)=C(OC(=O)c2ccccc2OC)C1(C)C. The van der Waals surface area contributed by atoms with Crippen LogP contribution in [0.25, 0.3) is 5.57 Å². The number of hydrogen-bond donors (Lipinski definition) is 0. The molecule has 1 amide bonds. The van der Waals surface area contributed by atoms with Crippen LogP contribution in [0.3, 0.4) is 0 Å². The average molecular weight is 454 g/mol. The van der Waals surface area contributed by atoms with Crippen LogP contribution in [-0.4, -0.2) is 43.0 Å². The predicted octanol–water partition coefficient (Wildman–Crippen LogP) is 4.73. The normalized spacial score (nSPS) is 15.2. The minimum Gasteiger partial charge on any atom is -0.496 e. The Morgan fingerprint density at radius 1 is 1.06 bits per heavy atom. The van der Waals surface area contributed by atoms with E-state index in [1.807, 2.05) is 39.8 Å². The summed E-state index contributed by atoms with van der Waals surface area (Å²) in [5.41, 5.74) is 3.12. The highest BCUT2D eigenvalue weighted by atomic mass is 16.8. The van der Waals surface area contributed by atoms with Gasteiger partial charge in [0.2, 0.25) is 0 Å². The molecule has 0 aromatic heterocycles. The molecule has 2 aromatic rings. The molecule has 0 N–H and O–H groups in total. The van der Waals surface area contributed by atoms with E-state index in [2.05, 4.69) is 0 Å². The lowest BCUT2D eigenvalue weighted by Gasteiger charge is -2.31. The molecular weight excluding hydrogens is 422 g/mol. The maximum absolute atomic E-state index is 13.6. The summed E-state index contributed by atoms with van der Waals surface area (Å²) in [6, 6.07) is 10.8. The molecule has 0 bridgehead atoms. The number of amides is 1. The van der Waals surface area contributed by atoms with Gasteiger partial charge in [0.25, 0.3) is 5.91 Å². The van der Waals surface area contributed by atoms with Gasteiger partial charge in [0.15, 0.2) is 6.79 Å². The molecule has 0 aliphatic carbocycles. The number of carbonyl (C=O) groups is 2. The Morgan fingerprint density at radius 2 is 1.70 bits per heavy atom.